The molecule has 0 saturated carbocycles. The number of thiocarbonyl (C=S) groups is 1. The molecule has 1 aromatic heterocycles. The van der Waals surface area contributed by atoms with E-state index in [1.807, 2.05) is 30.5 Å². The molecular formula is C35H35N3O7S2. The Bertz CT molecular complexity index is 1820. The lowest BCUT2D eigenvalue weighted by atomic mass is 10.0. The monoisotopic (exact) mass is 673 g/mol. The van der Waals surface area contributed by atoms with E-state index in [2.05, 4.69) is 34.1 Å². The zero-order valence-electron chi connectivity index (χ0n) is 25.9. The lowest BCUT2D eigenvalue weighted by Crippen LogP contribution is -2.38. The van der Waals surface area contributed by atoms with E-state index in [4.69, 9.17) is 31.2 Å². The third-order valence-electron chi connectivity index (χ3n) is 8.02. The van der Waals surface area contributed by atoms with Gasteiger partial charge in [0.15, 0.2) is 11.5 Å². The van der Waals surface area contributed by atoms with Crippen LogP contribution in [0.1, 0.15) is 22.3 Å². The molecule has 0 atom stereocenters. The van der Waals surface area contributed by atoms with E-state index >= 15 is 0 Å². The lowest BCUT2D eigenvalue weighted by molar-refractivity contribution is -0.122. The van der Waals surface area contributed by atoms with Crippen LogP contribution >= 0.6 is 24.0 Å². The quantitative estimate of drug-likeness (QED) is 0.101. The molecule has 2 saturated heterocycles. The van der Waals surface area contributed by atoms with Crippen LogP contribution in [0, 0.1) is 0 Å². The number of aromatic carboxylic acids is 1. The number of nitrogens with zero attached hydrogens (tertiary/aromatic N) is 2. The molecule has 2 aliphatic rings. The van der Waals surface area contributed by atoms with Crippen LogP contribution in [-0.4, -0.2) is 95.8 Å². The van der Waals surface area contributed by atoms with Gasteiger partial charge in [-0.25, -0.2) is 4.79 Å². The van der Waals surface area contributed by atoms with Crippen molar-refractivity contribution >= 4 is 57.2 Å². The first-order chi connectivity index (χ1) is 22.9. The number of aromatic amines is 1. The summed E-state index contributed by atoms with van der Waals surface area (Å²) in [6.07, 6.45) is 4.30. The highest BCUT2D eigenvalue weighted by molar-refractivity contribution is 8.26. The average molecular weight is 674 g/mol. The van der Waals surface area contributed by atoms with Gasteiger partial charge in [-0.15, -0.1) is 0 Å². The Balaban J connectivity index is 1.16. The van der Waals surface area contributed by atoms with Gasteiger partial charge in [-0.05, 0) is 77.5 Å². The van der Waals surface area contributed by atoms with Crippen molar-refractivity contribution in [1.29, 1.82) is 0 Å². The maximum Gasteiger partial charge on any atom is 0.335 e. The fourth-order valence-electron chi connectivity index (χ4n) is 5.47. The number of carboxylic acids is 1. The van der Waals surface area contributed by atoms with Gasteiger partial charge in [0.2, 0.25) is 0 Å². The van der Waals surface area contributed by atoms with Crippen LogP contribution in [0.25, 0.3) is 28.1 Å². The molecule has 0 radical (unpaired) electrons. The molecule has 0 unspecified atom stereocenters. The summed E-state index contributed by atoms with van der Waals surface area (Å²) in [6, 6.07) is 18.8. The van der Waals surface area contributed by atoms with E-state index < -0.39 is 5.97 Å². The van der Waals surface area contributed by atoms with Crippen molar-refractivity contribution in [3.05, 3.63) is 82.9 Å². The highest BCUT2D eigenvalue weighted by Gasteiger charge is 2.32. The van der Waals surface area contributed by atoms with Crippen LogP contribution in [-0.2, 0) is 9.53 Å². The van der Waals surface area contributed by atoms with Gasteiger partial charge in [-0.2, -0.15) is 0 Å². The number of methoxy groups -OCH3 is 1. The van der Waals surface area contributed by atoms with E-state index in [0.717, 1.165) is 60.4 Å². The summed E-state index contributed by atoms with van der Waals surface area (Å²) in [7, 11) is 1.46. The van der Waals surface area contributed by atoms with Gasteiger partial charge in [0, 0.05) is 43.5 Å². The van der Waals surface area contributed by atoms with Crippen molar-refractivity contribution in [2.75, 3.05) is 59.7 Å². The molecule has 10 nitrogen and oxygen atoms in total. The van der Waals surface area contributed by atoms with E-state index in [1.165, 1.54) is 31.0 Å². The summed E-state index contributed by atoms with van der Waals surface area (Å²) in [5, 5.41) is 10.3. The lowest BCUT2D eigenvalue weighted by Gasteiger charge is -2.26. The third-order valence-corrected chi connectivity index (χ3v) is 9.40. The molecule has 3 aromatic carbocycles. The molecule has 2 fully saturated rings. The predicted octanol–water partition coefficient (Wildman–Crippen LogP) is 5.92. The molecule has 12 heteroatoms. The zero-order valence-corrected chi connectivity index (χ0v) is 27.5. The topological polar surface area (TPSA) is 114 Å². The molecule has 2 N–H and O–H groups in total. The minimum Gasteiger partial charge on any atom is -0.493 e. The Hall–Kier alpha value is -4.36. The fourth-order valence-corrected chi connectivity index (χ4v) is 6.77. The van der Waals surface area contributed by atoms with Crippen molar-refractivity contribution in [3.63, 3.8) is 0 Å². The molecule has 244 valence electrons. The largest absolute Gasteiger partial charge is 0.493 e. The number of fused-ring (bicyclic) bond motifs is 1. The third kappa shape index (κ3) is 7.79. The van der Waals surface area contributed by atoms with Crippen molar-refractivity contribution in [2.45, 2.75) is 6.42 Å². The van der Waals surface area contributed by atoms with Crippen LogP contribution in [0.15, 0.2) is 71.8 Å². The zero-order chi connectivity index (χ0) is 32.8. The number of ether oxygens (including phenoxy) is 4. The van der Waals surface area contributed by atoms with Gasteiger partial charge in [0.25, 0.3) is 5.91 Å². The van der Waals surface area contributed by atoms with Crippen LogP contribution in [0.5, 0.6) is 17.2 Å². The summed E-state index contributed by atoms with van der Waals surface area (Å²) in [4.78, 5) is 32.5. The molecule has 3 heterocycles. The second-order valence-electron chi connectivity index (χ2n) is 11.0. The minimum absolute atomic E-state index is 0.108. The normalized spacial score (nSPS) is 16.3. The van der Waals surface area contributed by atoms with Crippen molar-refractivity contribution in [1.82, 2.24) is 14.8 Å². The van der Waals surface area contributed by atoms with Crippen LogP contribution < -0.4 is 14.2 Å². The maximum absolute atomic E-state index is 13.6. The first kappa shape index (κ1) is 32.6. The molecule has 0 aliphatic carbocycles. The highest BCUT2D eigenvalue weighted by Crippen LogP contribution is 2.36. The van der Waals surface area contributed by atoms with Crippen molar-refractivity contribution in [3.8, 4) is 28.4 Å². The second kappa shape index (κ2) is 15.0. The first-order valence-corrected chi connectivity index (χ1v) is 16.6. The number of amides is 1. The number of carbonyl (C=O) groups is 2. The molecule has 2 aliphatic heterocycles. The summed E-state index contributed by atoms with van der Waals surface area (Å²) >= 11 is 6.88. The van der Waals surface area contributed by atoms with Crippen LogP contribution in [0.3, 0.4) is 0 Å². The number of H-pyrrole nitrogens is 1. The van der Waals surface area contributed by atoms with Gasteiger partial charge in [0.1, 0.15) is 16.7 Å². The van der Waals surface area contributed by atoms with Crippen molar-refractivity contribution in [2.24, 2.45) is 0 Å². The Kier molecular flexibility index (Phi) is 10.4. The minimum atomic E-state index is -1.05. The molecular weight excluding hydrogens is 639 g/mol. The van der Waals surface area contributed by atoms with E-state index in [0.29, 0.717) is 46.0 Å². The number of aromatic nitrogens is 1. The number of rotatable bonds is 13. The predicted molar refractivity (Wildman–Crippen MR) is 186 cm³/mol. The Morgan fingerprint density at radius 1 is 0.979 bits per heavy atom. The Labute approximate surface area is 282 Å². The number of carbonyl (C=O) groups excluding carboxylic acids is 1. The standard InChI is InChI=1S/C35H35N3O7S2/c1-42-31-21-26(34(40)41)5-8-30(31)44-15-2-11-38-33(39)32(47-35(38)46)22-27-20-24(23-3-6-28-25(19-23)9-10-36-28)4-7-29(27)45-18-14-37-12-16-43-17-13-37/h3-10,19-22,36H,2,11-18H2,1H3,(H,40,41). The first-order valence-electron chi connectivity index (χ1n) is 15.3. The number of carboxylic acid groups (broad SMARTS) is 1. The summed E-state index contributed by atoms with van der Waals surface area (Å²) in [6.45, 7) is 5.18. The Morgan fingerprint density at radius 3 is 2.55 bits per heavy atom. The average Bonchev–Trinajstić information content (AvgIpc) is 3.66. The molecule has 1 amide bonds. The number of benzene rings is 3. The van der Waals surface area contributed by atoms with Crippen molar-refractivity contribution < 1.29 is 33.6 Å². The number of hydrogen-bond acceptors (Lipinski definition) is 9. The SMILES string of the molecule is COc1cc(C(=O)O)ccc1OCCCN1C(=O)C(=Cc2cc(-c3ccc4[nH]ccc4c3)ccc2OCCN2CCOCC2)SC1=S. The van der Waals surface area contributed by atoms with Gasteiger partial charge in [0.05, 0.1) is 37.4 Å². The molecule has 6 rings (SSSR count). The van der Waals surface area contributed by atoms with Crippen LogP contribution in [0.4, 0.5) is 0 Å². The number of morpholine rings is 1. The van der Waals surface area contributed by atoms with Gasteiger partial charge in [-0.1, -0.05) is 36.1 Å². The Morgan fingerprint density at radius 2 is 1.74 bits per heavy atom. The summed E-state index contributed by atoms with van der Waals surface area (Å²) < 4.78 is 23.4. The molecule has 0 spiro atoms. The number of hydrogen-bond donors (Lipinski definition) is 2. The van der Waals surface area contributed by atoms with Gasteiger partial charge < -0.3 is 29.0 Å². The van der Waals surface area contributed by atoms with Gasteiger partial charge in [-0.3, -0.25) is 14.6 Å². The van der Waals surface area contributed by atoms with Crippen LogP contribution in [0.2, 0.25) is 0 Å². The number of thioether (sulfide) groups is 1. The number of nitrogens with one attached hydrogen (secondary N) is 1. The summed E-state index contributed by atoms with van der Waals surface area (Å²) in [5.74, 6) is 0.248. The summed E-state index contributed by atoms with van der Waals surface area (Å²) in [5.41, 5.74) is 4.06. The molecule has 0 bridgehead atoms. The smallest absolute Gasteiger partial charge is 0.335 e. The van der Waals surface area contributed by atoms with E-state index in [-0.39, 0.29) is 18.1 Å². The van der Waals surface area contributed by atoms with E-state index in [1.54, 1.807) is 11.0 Å². The fraction of sp³-hybridized carbons (Fsp3) is 0.286. The van der Waals surface area contributed by atoms with E-state index in [9.17, 15) is 14.7 Å². The molecule has 4 aromatic rings. The second-order valence-corrected chi connectivity index (χ2v) is 12.7. The molecule has 47 heavy (non-hydrogen) atoms. The maximum atomic E-state index is 13.6. The van der Waals surface area contributed by atoms with Gasteiger partial charge >= 0.3 is 5.97 Å². The highest BCUT2D eigenvalue weighted by atomic mass is 32.2.